The van der Waals surface area contributed by atoms with E-state index in [4.69, 9.17) is 0 Å². The quantitative estimate of drug-likeness (QED) is 0.330. The molecule has 34 heavy (non-hydrogen) atoms. The van der Waals surface area contributed by atoms with Crippen molar-refractivity contribution in [1.82, 2.24) is 4.90 Å². The van der Waals surface area contributed by atoms with Crippen LogP contribution in [0.15, 0.2) is 72.8 Å². The van der Waals surface area contributed by atoms with Crippen LogP contribution in [0.3, 0.4) is 0 Å². The summed E-state index contributed by atoms with van der Waals surface area (Å²) in [5.74, 6) is -1.88. The zero-order valence-corrected chi connectivity index (χ0v) is 18.6. The predicted molar refractivity (Wildman–Crippen MR) is 120 cm³/mol. The number of amides is 3. The normalized spacial score (nSPS) is 15.8. The molecule has 1 fully saturated rings. The fraction of sp³-hybridized carbons (Fsp3) is 0.231. The van der Waals surface area contributed by atoms with E-state index >= 15 is 0 Å². The van der Waals surface area contributed by atoms with Crippen LogP contribution in [0.2, 0.25) is 0 Å². The molecule has 4 rings (SSSR count). The first-order chi connectivity index (χ1) is 16.0. The minimum Gasteiger partial charge on any atom is -0.305 e. The standard InChI is InChI=1S/C26H22F4N2O2/c1-25(2)23(33)32(22-15-20(26(28,29)30)12-13-21(22)27)24(34)31(25)16-19-11-7-6-10-18(19)14-17-8-4-3-5-9-17/h3-13,15H,14,16H2,1-2H3. The third-order valence-corrected chi connectivity index (χ3v) is 6.02. The van der Waals surface area contributed by atoms with Crippen molar-refractivity contribution in [2.45, 2.75) is 38.5 Å². The van der Waals surface area contributed by atoms with Crippen LogP contribution in [0, 0.1) is 5.82 Å². The second kappa shape index (κ2) is 8.59. The molecule has 1 aliphatic rings. The minimum absolute atomic E-state index is 0.0393. The van der Waals surface area contributed by atoms with E-state index in [0.29, 0.717) is 29.5 Å². The Morgan fingerprint density at radius 2 is 1.47 bits per heavy atom. The first-order valence-corrected chi connectivity index (χ1v) is 10.6. The Morgan fingerprint density at radius 3 is 2.12 bits per heavy atom. The summed E-state index contributed by atoms with van der Waals surface area (Å²) in [6.45, 7) is 3.04. The van der Waals surface area contributed by atoms with Gasteiger partial charge in [-0.2, -0.15) is 13.2 Å². The number of urea groups is 1. The van der Waals surface area contributed by atoms with E-state index in [2.05, 4.69) is 0 Å². The summed E-state index contributed by atoms with van der Waals surface area (Å²) in [5, 5.41) is 0. The molecule has 0 unspecified atom stereocenters. The number of anilines is 1. The number of benzene rings is 3. The molecule has 1 heterocycles. The Bertz CT molecular complexity index is 1240. The van der Waals surface area contributed by atoms with E-state index in [-0.39, 0.29) is 6.54 Å². The fourth-order valence-electron chi connectivity index (χ4n) is 4.04. The van der Waals surface area contributed by atoms with Crippen molar-refractivity contribution in [3.63, 3.8) is 0 Å². The van der Waals surface area contributed by atoms with Gasteiger partial charge >= 0.3 is 12.2 Å². The van der Waals surface area contributed by atoms with Crippen molar-refractivity contribution < 1.29 is 27.2 Å². The minimum atomic E-state index is -4.75. The van der Waals surface area contributed by atoms with Gasteiger partial charge in [-0.25, -0.2) is 14.1 Å². The number of hydrogen-bond acceptors (Lipinski definition) is 2. The van der Waals surface area contributed by atoms with Gasteiger partial charge in [0.15, 0.2) is 0 Å². The maximum Gasteiger partial charge on any atom is 0.416 e. The SMILES string of the molecule is CC1(C)C(=O)N(c2cc(C(F)(F)F)ccc2F)C(=O)N1Cc1ccccc1Cc1ccccc1. The van der Waals surface area contributed by atoms with E-state index in [0.717, 1.165) is 16.7 Å². The molecule has 3 amide bonds. The van der Waals surface area contributed by atoms with Gasteiger partial charge in [0.25, 0.3) is 5.91 Å². The lowest BCUT2D eigenvalue weighted by Crippen LogP contribution is -2.43. The molecule has 176 valence electrons. The average Bonchev–Trinajstić information content (AvgIpc) is 2.95. The van der Waals surface area contributed by atoms with Gasteiger partial charge < -0.3 is 4.90 Å². The molecule has 0 aliphatic carbocycles. The van der Waals surface area contributed by atoms with Crippen molar-refractivity contribution in [3.8, 4) is 0 Å². The Kier molecular flexibility index (Phi) is 5.93. The molecule has 1 aliphatic heterocycles. The van der Waals surface area contributed by atoms with Gasteiger partial charge in [-0.05, 0) is 55.2 Å². The molecular formula is C26H22F4N2O2. The summed E-state index contributed by atoms with van der Waals surface area (Å²) in [6.07, 6.45) is -4.15. The molecule has 0 saturated carbocycles. The molecule has 0 bridgehead atoms. The number of halogens is 4. The molecule has 0 aromatic heterocycles. The summed E-state index contributed by atoms with van der Waals surface area (Å²) in [6, 6.07) is 17.9. The zero-order chi connectivity index (χ0) is 24.7. The van der Waals surface area contributed by atoms with E-state index in [1.165, 1.54) is 18.7 Å². The molecule has 0 atom stereocenters. The van der Waals surface area contributed by atoms with Crippen molar-refractivity contribution in [2.75, 3.05) is 4.90 Å². The van der Waals surface area contributed by atoms with Gasteiger partial charge in [0.1, 0.15) is 11.4 Å². The van der Waals surface area contributed by atoms with Crippen LogP contribution in [0.4, 0.5) is 28.0 Å². The van der Waals surface area contributed by atoms with Crippen molar-refractivity contribution in [1.29, 1.82) is 0 Å². The van der Waals surface area contributed by atoms with Crippen molar-refractivity contribution >= 4 is 17.6 Å². The highest BCUT2D eigenvalue weighted by atomic mass is 19.4. The largest absolute Gasteiger partial charge is 0.416 e. The molecule has 3 aromatic carbocycles. The van der Waals surface area contributed by atoms with Gasteiger partial charge in [-0.1, -0.05) is 54.6 Å². The van der Waals surface area contributed by atoms with Gasteiger partial charge in [-0.3, -0.25) is 4.79 Å². The summed E-state index contributed by atoms with van der Waals surface area (Å²) in [5.41, 5.74) is -0.463. The Labute approximate surface area is 194 Å². The summed E-state index contributed by atoms with van der Waals surface area (Å²) in [4.78, 5) is 28.2. The lowest BCUT2D eigenvalue weighted by atomic mass is 9.97. The van der Waals surface area contributed by atoms with Crippen LogP contribution in [0.1, 0.15) is 36.1 Å². The van der Waals surface area contributed by atoms with Crippen LogP contribution in [0.25, 0.3) is 0 Å². The third kappa shape index (κ3) is 4.27. The van der Waals surface area contributed by atoms with E-state index in [1.807, 2.05) is 54.6 Å². The molecule has 0 N–H and O–H groups in total. The molecule has 1 saturated heterocycles. The maximum atomic E-state index is 14.5. The highest BCUT2D eigenvalue weighted by Crippen LogP contribution is 2.38. The topological polar surface area (TPSA) is 40.6 Å². The first kappa shape index (κ1) is 23.5. The number of imide groups is 1. The molecule has 4 nitrogen and oxygen atoms in total. The predicted octanol–water partition coefficient (Wildman–Crippen LogP) is 6.18. The number of alkyl halides is 3. The summed E-state index contributed by atoms with van der Waals surface area (Å²) in [7, 11) is 0. The monoisotopic (exact) mass is 470 g/mol. The van der Waals surface area contributed by atoms with E-state index in [1.54, 1.807) is 0 Å². The van der Waals surface area contributed by atoms with Gasteiger partial charge in [-0.15, -0.1) is 0 Å². The number of rotatable bonds is 5. The van der Waals surface area contributed by atoms with E-state index < -0.39 is 40.7 Å². The van der Waals surface area contributed by atoms with Crippen LogP contribution in [-0.2, 0) is 23.9 Å². The highest BCUT2D eigenvalue weighted by molar-refractivity contribution is 6.23. The van der Waals surface area contributed by atoms with Crippen molar-refractivity contribution in [3.05, 3.63) is 101 Å². The molecule has 0 radical (unpaired) electrons. The van der Waals surface area contributed by atoms with Crippen LogP contribution >= 0.6 is 0 Å². The number of nitrogens with zero attached hydrogens (tertiary/aromatic N) is 2. The number of carbonyl (C=O) groups excluding carboxylic acids is 2. The molecular weight excluding hydrogens is 448 g/mol. The van der Waals surface area contributed by atoms with Crippen LogP contribution in [0.5, 0.6) is 0 Å². The molecule has 8 heteroatoms. The zero-order valence-electron chi connectivity index (χ0n) is 18.6. The third-order valence-electron chi connectivity index (χ3n) is 6.02. The first-order valence-electron chi connectivity index (χ1n) is 10.6. The smallest absolute Gasteiger partial charge is 0.305 e. The van der Waals surface area contributed by atoms with Crippen molar-refractivity contribution in [2.24, 2.45) is 0 Å². The Hall–Kier alpha value is -3.68. The van der Waals surface area contributed by atoms with Gasteiger partial charge in [0, 0.05) is 6.54 Å². The summed E-state index contributed by atoms with van der Waals surface area (Å²) >= 11 is 0. The summed E-state index contributed by atoms with van der Waals surface area (Å²) < 4.78 is 54.1. The Balaban J connectivity index is 1.69. The lowest BCUT2D eigenvalue weighted by molar-refractivity contribution is -0.137. The van der Waals surface area contributed by atoms with Crippen LogP contribution < -0.4 is 4.90 Å². The lowest BCUT2D eigenvalue weighted by Gasteiger charge is -2.28. The number of hydrogen-bond donors (Lipinski definition) is 0. The van der Waals surface area contributed by atoms with Gasteiger partial charge in [0.2, 0.25) is 0 Å². The average molecular weight is 470 g/mol. The second-order valence-corrected chi connectivity index (χ2v) is 8.66. The maximum absolute atomic E-state index is 14.5. The number of carbonyl (C=O) groups is 2. The Morgan fingerprint density at radius 1 is 0.853 bits per heavy atom. The second-order valence-electron chi connectivity index (χ2n) is 8.66. The van der Waals surface area contributed by atoms with Crippen LogP contribution in [-0.4, -0.2) is 22.4 Å². The fourth-order valence-corrected chi connectivity index (χ4v) is 4.04. The van der Waals surface area contributed by atoms with Gasteiger partial charge in [0.05, 0.1) is 11.3 Å². The molecule has 0 spiro atoms. The molecule has 3 aromatic rings. The highest BCUT2D eigenvalue weighted by Gasteiger charge is 2.52. The van der Waals surface area contributed by atoms with E-state index in [9.17, 15) is 27.2 Å².